The number of fused-ring (bicyclic) bond motifs is 1. The minimum atomic E-state index is -0.621. The fourth-order valence-electron chi connectivity index (χ4n) is 4.33. The molecule has 1 atom stereocenters. The van der Waals surface area contributed by atoms with Crippen molar-refractivity contribution in [2.75, 3.05) is 37.0 Å². The Hall–Kier alpha value is -3.80. The Morgan fingerprint density at radius 2 is 1.59 bits per heavy atom. The van der Waals surface area contributed by atoms with Crippen LogP contribution in [0.4, 0.5) is 11.4 Å². The van der Waals surface area contributed by atoms with E-state index in [4.69, 9.17) is 0 Å². The Bertz CT molecular complexity index is 1140. The fourth-order valence-corrected chi connectivity index (χ4v) is 4.33. The summed E-state index contributed by atoms with van der Waals surface area (Å²) in [5, 5.41) is 5.59. The molecule has 0 saturated carbocycles. The van der Waals surface area contributed by atoms with E-state index in [0.29, 0.717) is 13.1 Å². The lowest BCUT2D eigenvalue weighted by atomic mass is 10.0. The second-order valence-electron chi connectivity index (χ2n) is 8.95. The maximum absolute atomic E-state index is 12.6. The first kappa shape index (κ1) is 23.4. The Balaban J connectivity index is 1.45. The molecule has 1 aliphatic rings. The largest absolute Gasteiger partial charge is 0.378 e. The SMILES string of the molecule is Cc1ccc(CNC(=O)C(=O)NCC(c2ccc(N(C)C)cc2)N2CCc3ccccc32)cc1. The molecule has 6 heteroatoms. The molecule has 0 fully saturated rings. The van der Waals surface area contributed by atoms with Crippen LogP contribution in [0.25, 0.3) is 0 Å². The summed E-state index contributed by atoms with van der Waals surface area (Å²) in [5.74, 6) is -1.24. The standard InChI is InChI=1S/C28H32N4O2/c1-20-8-10-21(11-9-20)18-29-27(33)28(34)30-19-26(23-12-14-24(15-13-23)31(2)3)32-17-16-22-6-4-5-7-25(22)32/h4-15,26H,16-19H2,1-3H3,(H,29,33)(H,30,34). The highest BCUT2D eigenvalue weighted by molar-refractivity contribution is 6.35. The molecule has 0 aliphatic carbocycles. The summed E-state index contributed by atoms with van der Waals surface area (Å²) in [6.45, 7) is 3.54. The molecule has 2 amide bonds. The van der Waals surface area contributed by atoms with E-state index < -0.39 is 11.8 Å². The first-order valence-electron chi connectivity index (χ1n) is 11.7. The number of nitrogens with one attached hydrogen (secondary N) is 2. The quantitative estimate of drug-likeness (QED) is 0.534. The molecule has 3 aromatic carbocycles. The van der Waals surface area contributed by atoms with Crippen LogP contribution in [0.2, 0.25) is 0 Å². The van der Waals surface area contributed by atoms with Gasteiger partial charge in [-0.3, -0.25) is 9.59 Å². The van der Waals surface area contributed by atoms with Crippen LogP contribution in [0.1, 0.15) is 28.3 Å². The van der Waals surface area contributed by atoms with Crippen molar-refractivity contribution in [3.8, 4) is 0 Å². The maximum atomic E-state index is 12.6. The summed E-state index contributed by atoms with van der Waals surface area (Å²) >= 11 is 0. The zero-order valence-electron chi connectivity index (χ0n) is 20.0. The van der Waals surface area contributed by atoms with Gasteiger partial charge in [0.1, 0.15) is 0 Å². The van der Waals surface area contributed by atoms with Crippen LogP contribution in [0.15, 0.2) is 72.8 Å². The van der Waals surface area contributed by atoms with E-state index in [1.54, 1.807) is 0 Å². The summed E-state index contributed by atoms with van der Waals surface area (Å²) in [6.07, 6.45) is 0.966. The van der Waals surface area contributed by atoms with Gasteiger partial charge in [-0.25, -0.2) is 0 Å². The average molecular weight is 457 g/mol. The van der Waals surface area contributed by atoms with Crippen LogP contribution in [0, 0.1) is 6.92 Å². The van der Waals surface area contributed by atoms with Gasteiger partial charge in [0.2, 0.25) is 0 Å². The number of aryl methyl sites for hydroxylation is 1. The van der Waals surface area contributed by atoms with Crippen molar-refractivity contribution in [3.63, 3.8) is 0 Å². The number of para-hydroxylation sites is 1. The van der Waals surface area contributed by atoms with Gasteiger partial charge in [-0.1, -0.05) is 60.2 Å². The maximum Gasteiger partial charge on any atom is 0.309 e. The summed E-state index contributed by atoms with van der Waals surface area (Å²) < 4.78 is 0. The molecule has 0 bridgehead atoms. The number of amides is 2. The van der Waals surface area contributed by atoms with Crippen LogP contribution in [0.5, 0.6) is 0 Å². The number of hydrogen-bond acceptors (Lipinski definition) is 4. The number of benzene rings is 3. The predicted octanol–water partition coefficient (Wildman–Crippen LogP) is 3.60. The number of anilines is 2. The molecule has 176 valence electrons. The molecular formula is C28H32N4O2. The van der Waals surface area contributed by atoms with Crippen LogP contribution < -0.4 is 20.4 Å². The summed E-state index contributed by atoms with van der Waals surface area (Å²) in [4.78, 5) is 29.4. The van der Waals surface area contributed by atoms with Crippen molar-refractivity contribution >= 4 is 23.2 Å². The molecule has 0 spiro atoms. The number of carbonyl (C=O) groups is 2. The van der Waals surface area contributed by atoms with E-state index in [-0.39, 0.29) is 6.04 Å². The fraction of sp³-hybridized carbons (Fsp3) is 0.286. The van der Waals surface area contributed by atoms with E-state index in [1.165, 1.54) is 11.3 Å². The predicted molar refractivity (Wildman–Crippen MR) is 137 cm³/mol. The normalized spacial score (nSPS) is 13.2. The van der Waals surface area contributed by atoms with Gasteiger partial charge >= 0.3 is 11.8 Å². The molecule has 0 aromatic heterocycles. The highest BCUT2D eigenvalue weighted by atomic mass is 16.2. The molecule has 34 heavy (non-hydrogen) atoms. The Morgan fingerprint density at radius 3 is 2.29 bits per heavy atom. The zero-order chi connectivity index (χ0) is 24.1. The number of nitrogens with zero attached hydrogens (tertiary/aromatic N) is 2. The summed E-state index contributed by atoms with van der Waals surface area (Å²) in [5.41, 5.74) is 6.81. The summed E-state index contributed by atoms with van der Waals surface area (Å²) in [7, 11) is 4.03. The third kappa shape index (κ3) is 5.39. The van der Waals surface area contributed by atoms with E-state index in [1.807, 2.05) is 51.4 Å². The van der Waals surface area contributed by atoms with Crippen molar-refractivity contribution in [1.82, 2.24) is 10.6 Å². The average Bonchev–Trinajstić information content (AvgIpc) is 3.28. The zero-order valence-corrected chi connectivity index (χ0v) is 20.0. The highest BCUT2D eigenvalue weighted by Gasteiger charge is 2.28. The number of rotatable bonds is 7. The third-order valence-corrected chi connectivity index (χ3v) is 6.33. The van der Waals surface area contributed by atoms with Gasteiger partial charge in [0, 0.05) is 45.1 Å². The van der Waals surface area contributed by atoms with Crippen molar-refractivity contribution in [3.05, 3.63) is 95.1 Å². The van der Waals surface area contributed by atoms with E-state index in [2.05, 4.69) is 62.9 Å². The first-order chi connectivity index (χ1) is 16.4. The van der Waals surface area contributed by atoms with Gasteiger partial charge < -0.3 is 20.4 Å². The third-order valence-electron chi connectivity index (χ3n) is 6.33. The van der Waals surface area contributed by atoms with Gasteiger partial charge in [0.15, 0.2) is 0 Å². The van der Waals surface area contributed by atoms with Crippen molar-refractivity contribution in [2.24, 2.45) is 0 Å². The first-order valence-corrected chi connectivity index (χ1v) is 11.7. The molecule has 1 aliphatic heterocycles. The van der Waals surface area contributed by atoms with E-state index >= 15 is 0 Å². The van der Waals surface area contributed by atoms with E-state index in [9.17, 15) is 9.59 Å². The Kier molecular flexibility index (Phi) is 7.16. The lowest BCUT2D eigenvalue weighted by Crippen LogP contribution is -2.43. The molecule has 0 radical (unpaired) electrons. The molecule has 1 heterocycles. The lowest BCUT2D eigenvalue weighted by Gasteiger charge is -2.31. The molecule has 4 rings (SSSR count). The topological polar surface area (TPSA) is 64.7 Å². The number of carbonyl (C=O) groups excluding carboxylic acids is 2. The second-order valence-corrected chi connectivity index (χ2v) is 8.95. The highest BCUT2D eigenvalue weighted by Crippen LogP contribution is 2.35. The molecule has 1 unspecified atom stereocenters. The van der Waals surface area contributed by atoms with Gasteiger partial charge in [0.25, 0.3) is 0 Å². The van der Waals surface area contributed by atoms with Crippen LogP contribution in [0.3, 0.4) is 0 Å². The molecular weight excluding hydrogens is 424 g/mol. The van der Waals surface area contributed by atoms with Crippen LogP contribution in [-0.2, 0) is 22.6 Å². The van der Waals surface area contributed by atoms with Crippen molar-refractivity contribution in [2.45, 2.75) is 25.9 Å². The minimum Gasteiger partial charge on any atom is -0.378 e. The smallest absolute Gasteiger partial charge is 0.309 e. The molecule has 3 aromatic rings. The van der Waals surface area contributed by atoms with E-state index in [0.717, 1.165) is 35.3 Å². The number of hydrogen-bond donors (Lipinski definition) is 2. The van der Waals surface area contributed by atoms with Crippen LogP contribution in [-0.4, -0.2) is 39.0 Å². The molecule has 6 nitrogen and oxygen atoms in total. The van der Waals surface area contributed by atoms with Crippen LogP contribution >= 0.6 is 0 Å². The van der Waals surface area contributed by atoms with Gasteiger partial charge in [0.05, 0.1) is 6.04 Å². The Morgan fingerprint density at radius 1 is 0.912 bits per heavy atom. The van der Waals surface area contributed by atoms with Gasteiger partial charge in [-0.05, 0) is 48.2 Å². The molecule has 2 N–H and O–H groups in total. The minimum absolute atomic E-state index is 0.0753. The van der Waals surface area contributed by atoms with Gasteiger partial charge in [-0.2, -0.15) is 0 Å². The lowest BCUT2D eigenvalue weighted by molar-refractivity contribution is -0.139. The van der Waals surface area contributed by atoms with Gasteiger partial charge in [-0.15, -0.1) is 0 Å². The second kappa shape index (κ2) is 10.4. The van der Waals surface area contributed by atoms with Crippen molar-refractivity contribution in [1.29, 1.82) is 0 Å². The Labute approximate surface area is 201 Å². The summed E-state index contributed by atoms with van der Waals surface area (Å²) in [6, 6.07) is 24.5. The molecule has 0 saturated heterocycles. The monoisotopic (exact) mass is 456 g/mol. The van der Waals surface area contributed by atoms with Crippen molar-refractivity contribution < 1.29 is 9.59 Å².